The number of carboxylic acid groups (broad SMARTS) is 2. The summed E-state index contributed by atoms with van der Waals surface area (Å²) in [5.74, 6) is -4.61. The van der Waals surface area contributed by atoms with E-state index in [1.807, 2.05) is 30.7 Å². The highest BCUT2D eigenvalue weighted by atomic mass is 32.1. The number of aryl methyl sites for hydroxylation is 1. The molecule has 0 spiro atoms. The van der Waals surface area contributed by atoms with Crippen molar-refractivity contribution in [2.45, 2.75) is 90.1 Å². The van der Waals surface area contributed by atoms with Crippen molar-refractivity contribution in [2.24, 2.45) is 11.8 Å². The minimum absolute atomic E-state index is 0.00260. The van der Waals surface area contributed by atoms with Crippen LogP contribution in [-0.4, -0.2) is 144 Å². The van der Waals surface area contributed by atoms with Crippen molar-refractivity contribution >= 4 is 115 Å². The van der Waals surface area contributed by atoms with Gasteiger partial charge in [0.05, 0.1) is 54.8 Å². The van der Waals surface area contributed by atoms with Gasteiger partial charge in [0.2, 0.25) is 11.8 Å². The number of hydrogen-bond donors (Lipinski definition) is 8. The number of fused-ring (bicyclic) bond motifs is 14. The number of aliphatic hydroxyl groups excluding tert-OH is 1. The molecule has 25 nitrogen and oxygen atoms in total. The lowest BCUT2D eigenvalue weighted by atomic mass is 9.97. The molecule has 0 aliphatic carbocycles. The Morgan fingerprint density at radius 2 is 1.43 bits per heavy atom. The van der Waals surface area contributed by atoms with Gasteiger partial charge in [-0.15, -0.1) is 68.0 Å². The van der Waals surface area contributed by atoms with E-state index < -0.39 is 78.2 Å². The van der Waals surface area contributed by atoms with Crippen LogP contribution >= 0.6 is 68.0 Å². The maximum Gasteiger partial charge on any atom is 0.306 e. The number of aliphatic carboxylic acids is 2. The van der Waals surface area contributed by atoms with E-state index in [0.29, 0.717) is 126 Å². The van der Waals surface area contributed by atoms with Crippen molar-refractivity contribution in [3.05, 3.63) is 111 Å². The first-order valence-corrected chi connectivity index (χ1v) is 33.8. The highest BCUT2D eigenvalue weighted by Crippen LogP contribution is 2.40. The molecule has 0 saturated carbocycles. The zero-order valence-corrected chi connectivity index (χ0v) is 54.3. The number of carbonyl (C=O) groups is 7. The van der Waals surface area contributed by atoms with Crippen molar-refractivity contribution in [2.75, 3.05) is 51.9 Å². The number of hydrogen-bond acceptors (Lipinski definition) is 24. The predicted octanol–water partition coefficient (Wildman–Crippen LogP) is 8.13. The molecule has 472 valence electrons. The van der Waals surface area contributed by atoms with Crippen molar-refractivity contribution in [3.63, 3.8) is 0 Å². The fourth-order valence-electron chi connectivity index (χ4n) is 10.1. The van der Waals surface area contributed by atoms with E-state index in [2.05, 4.69) is 36.4 Å². The highest BCUT2D eigenvalue weighted by Gasteiger charge is 2.34. The van der Waals surface area contributed by atoms with Gasteiger partial charge < -0.3 is 51.5 Å². The Morgan fingerprint density at radius 1 is 0.722 bits per heavy atom. The van der Waals surface area contributed by atoms with E-state index in [1.165, 1.54) is 70.8 Å². The number of likely N-dealkylation sites (tertiary alicyclic amines) is 1. The standard InChI is InChI=1S/C59H64N14O11S6/c1-29(2)44-58-71-47(39(90-58)23-84-5)51(80)61-22-42(75)68-48(49(78)31-11-7-6-8-12-31)57-66-38(26-87-57)55-64-36(24-86-55)46-33(53-65-37(25-85-53)50(79)63-35(21-41(74)60-4)56-70-45(30(3)89-56)52(81)69-44)14-15-34(62-46)54-67-40(27-88-54)73(18-10-9-13-43(76)77)28-72-19-16-32(17-20-72)59(82)83/h6-8,11-12,14-15,24-27,29,32,35,44,48-49,78H,9-10,13,16-23,28H2,1-5H3,(H,60,74)(H,61,80)(H,63,79)(H,68,75)(H,69,81)(H,76,77)(H,82,83)/t35-,44-,48-,49-/m0/s1. The van der Waals surface area contributed by atoms with Crippen molar-refractivity contribution in [1.29, 1.82) is 0 Å². The molecule has 90 heavy (non-hydrogen) atoms. The van der Waals surface area contributed by atoms with Crippen LogP contribution in [0.5, 0.6) is 0 Å². The number of carbonyl (C=O) groups excluding carboxylic acids is 5. The van der Waals surface area contributed by atoms with E-state index in [4.69, 9.17) is 39.6 Å². The van der Waals surface area contributed by atoms with E-state index in [1.54, 1.807) is 54.1 Å². The lowest BCUT2D eigenvalue weighted by Crippen LogP contribution is -2.44. The molecule has 2 aliphatic rings. The van der Waals surface area contributed by atoms with Gasteiger partial charge in [-0.1, -0.05) is 44.2 Å². The summed E-state index contributed by atoms with van der Waals surface area (Å²) in [6.07, 6.45) is 0.555. The molecule has 8 N–H and O–H groups in total. The molecule has 5 amide bonds. The second-order valence-electron chi connectivity index (χ2n) is 21.6. The first-order valence-electron chi connectivity index (χ1n) is 28.7. The second kappa shape index (κ2) is 29.4. The third kappa shape index (κ3) is 15.5. The lowest BCUT2D eigenvalue weighted by Gasteiger charge is -2.34. The Bertz CT molecular complexity index is 3910. The van der Waals surface area contributed by atoms with Gasteiger partial charge in [0.15, 0.2) is 0 Å². The maximum absolute atomic E-state index is 14.4. The molecule has 2 aliphatic heterocycles. The number of benzene rings is 1. The summed E-state index contributed by atoms with van der Waals surface area (Å²) in [7, 11) is 2.94. The van der Waals surface area contributed by atoms with Gasteiger partial charge in [0, 0.05) is 72.2 Å². The van der Waals surface area contributed by atoms with Gasteiger partial charge >= 0.3 is 11.9 Å². The number of methoxy groups -OCH3 is 1. The molecule has 7 aromatic heterocycles. The molecule has 0 radical (unpaired) electrons. The average Bonchev–Trinajstić information content (AvgIpc) is 1.71. The number of nitrogens with zero attached hydrogens (tertiary/aromatic N) is 9. The van der Waals surface area contributed by atoms with Gasteiger partial charge in [0.1, 0.15) is 82.2 Å². The summed E-state index contributed by atoms with van der Waals surface area (Å²) in [6.45, 7) is 7.06. The van der Waals surface area contributed by atoms with Gasteiger partial charge in [-0.2, -0.15) is 0 Å². The van der Waals surface area contributed by atoms with Gasteiger partial charge in [-0.3, -0.25) is 38.5 Å². The Labute approximate surface area is 540 Å². The molecular formula is C59H64N14O11S6. The Kier molecular flexibility index (Phi) is 21.2. The van der Waals surface area contributed by atoms with Crippen LogP contribution in [0.3, 0.4) is 0 Å². The largest absolute Gasteiger partial charge is 0.481 e. The van der Waals surface area contributed by atoms with Gasteiger partial charge in [0.25, 0.3) is 17.7 Å². The summed E-state index contributed by atoms with van der Waals surface area (Å²) in [4.78, 5) is 133. The van der Waals surface area contributed by atoms with Crippen molar-refractivity contribution in [1.82, 2.24) is 66.4 Å². The normalized spacial score (nSPS) is 17.4. The number of carboxylic acids is 2. The minimum Gasteiger partial charge on any atom is -0.481 e. The van der Waals surface area contributed by atoms with Crippen LogP contribution in [0, 0.1) is 18.8 Å². The number of amides is 5. The Balaban J connectivity index is 1.04. The van der Waals surface area contributed by atoms with Gasteiger partial charge in [-0.25, -0.2) is 34.9 Å². The first-order chi connectivity index (χ1) is 43.3. The van der Waals surface area contributed by atoms with Crippen molar-refractivity contribution in [3.8, 4) is 43.4 Å². The maximum atomic E-state index is 14.4. The SMILES string of the molecule is CNC(=O)C[C@@H]1NC(=O)c2csc(n2)-c2ccc(-c3nc(N(CCCCC(=O)O)CN4CCC(C(=O)O)CC4)cs3)nc2-c2csc(n2)-c2csc(n2)[C@H]([C@@H](O)c2ccccc2)NC(=O)CNC(=O)c2nc(sc2COC)[C@H](C(C)C)NC(=O)c2nc1sc2C. The molecule has 4 atom stereocenters. The molecular weight excluding hydrogens is 1270 g/mol. The van der Waals surface area contributed by atoms with E-state index >= 15 is 0 Å². The number of unbranched alkanes of at least 4 members (excludes halogenated alkanes) is 1. The number of nitrogens with one attached hydrogen (secondary N) is 5. The van der Waals surface area contributed by atoms with E-state index in [-0.39, 0.29) is 47.5 Å². The third-order valence-electron chi connectivity index (χ3n) is 14.9. The van der Waals surface area contributed by atoms with Gasteiger partial charge in [-0.05, 0) is 56.2 Å². The predicted molar refractivity (Wildman–Crippen MR) is 343 cm³/mol. The summed E-state index contributed by atoms with van der Waals surface area (Å²) in [5.41, 5.74) is 2.82. The summed E-state index contributed by atoms with van der Waals surface area (Å²) in [6, 6.07) is 9.59. The average molecular weight is 1340 g/mol. The summed E-state index contributed by atoms with van der Waals surface area (Å²) < 4.78 is 5.46. The number of aromatic nitrogens is 7. The summed E-state index contributed by atoms with van der Waals surface area (Å²) in [5, 5.41) is 54.7. The lowest BCUT2D eigenvalue weighted by molar-refractivity contribution is -0.143. The van der Waals surface area contributed by atoms with Crippen LogP contribution in [0.4, 0.5) is 5.82 Å². The fraction of sp³-hybridized carbons (Fsp3) is 0.390. The number of thiazole rings is 6. The Hall–Kier alpha value is -7.88. The minimum atomic E-state index is -1.29. The quantitative estimate of drug-likeness (QED) is 0.0399. The van der Waals surface area contributed by atoms with E-state index in [9.17, 15) is 48.9 Å². The van der Waals surface area contributed by atoms with Crippen LogP contribution in [0.15, 0.2) is 64.0 Å². The third-order valence-corrected chi connectivity index (χ3v) is 20.7. The molecule has 1 saturated heterocycles. The molecule has 10 bridgehead atoms. The molecule has 9 heterocycles. The number of piperidine rings is 1. The number of rotatable bonds is 17. The molecule has 1 aromatic carbocycles. The zero-order chi connectivity index (χ0) is 63.8. The van der Waals surface area contributed by atoms with Crippen LogP contribution in [0.2, 0.25) is 0 Å². The smallest absolute Gasteiger partial charge is 0.306 e. The Morgan fingerprint density at radius 3 is 2.17 bits per heavy atom. The highest BCUT2D eigenvalue weighted by molar-refractivity contribution is 7.15. The van der Waals surface area contributed by atoms with E-state index in [0.717, 1.165) is 11.3 Å². The van der Waals surface area contributed by atoms with Crippen LogP contribution in [0.25, 0.3) is 43.4 Å². The molecule has 31 heteroatoms. The van der Waals surface area contributed by atoms with Crippen LogP contribution in [-0.2, 0) is 30.5 Å². The number of ether oxygens (including phenoxy) is 1. The zero-order valence-electron chi connectivity index (χ0n) is 49.4. The molecule has 1 fully saturated rings. The molecule has 10 rings (SSSR count). The topological polar surface area (TPSA) is 346 Å². The molecule has 0 unspecified atom stereocenters. The molecule has 8 aromatic rings. The van der Waals surface area contributed by atoms with Crippen LogP contribution in [0.1, 0.15) is 138 Å². The first kappa shape index (κ1) is 65.1. The summed E-state index contributed by atoms with van der Waals surface area (Å²) >= 11 is 7.32. The number of aliphatic hydroxyl groups is 1. The second-order valence-corrected chi connectivity index (χ2v) is 27.4. The number of pyridine rings is 1. The van der Waals surface area contributed by atoms with Crippen molar-refractivity contribution < 1.29 is 53.6 Å². The monoisotopic (exact) mass is 1340 g/mol. The van der Waals surface area contributed by atoms with Crippen LogP contribution < -0.4 is 31.5 Å². The number of anilines is 1. The fourth-order valence-corrected chi connectivity index (χ4v) is 15.7.